The van der Waals surface area contributed by atoms with Crippen LogP contribution in [-0.2, 0) is 9.84 Å². The van der Waals surface area contributed by atoms with E-state index >= 15 is 0 Å². The van der Waals surface area contributed by atoms with E-state index in [0.29, 0.717) is 19.0 Å². The smallest absolute Gasteiger partial charge is 0.191 e. The first-order valence-electron chi connectivity index (χ1n) is 10.1. The van der Waals surface area contributed by atoms with Crippen molar-refractivity contribution in [3.05, 3.63) is 29.8 Å². The molecule has 1 atom stereocenters. The van der Waals surface area contributed by atoms with Crippen LogP contribution >= 0.6 is 0 Å². The molecule has 0 saturated carbocycles. The van der Waals surface area contributed by atoms with Gasteiger partial charge in [-0.1, -0.05) is 19.1 Å². The molecule has 1 aliphatic heterocycles. The molecule has 0 amide bonds. The van der Waals surface area contributed by atoms with Crippen LogP contribution in [0, 0.1) is 0 Å². The van der Waals surface area contributed by atoms with Crippen molar-refractivity contribution in [3.8, 4) is 5.75 Å². The number of nitrogens with one attached hydrogen (secondary N) is 2. The number of likely N-dealkylation sites (tertiary alicyclic amines) is 1. The molecule has 0 spiro atoms. The van der Waals surface area contributed by atoms with Crippen molar-refractivity contribution in [3.63, 3.8) is 0 Å². The molecule has 1 heterocycles. The predicted molar refractivity (Wildman–Crippen MR) is 115 cm³/mol. The number of sulfone groups is 1. The van der Waals surface area contributed by atoms with E-state index in [9.17, 15) is 8.42 Å². The van der Waals surface area contributed by atoms with Gasteiger partial charge in [-0.3, -0.25) is 9.89 Å². The highest BCUT2D eigenvalue weighted by atomic mass is 32.2. The monoisotopic (exact) mass is 410 g/mol. The lowest BCUT2D eigenvalue weighted by molar-refractivity contribution is 0.251. The third-order valence-corrected chi connectivity index (χ3v) is 6.70. The van der Waals surface area contributed by atoms with Crippen LogP contribution in [-0.4, -0.2) is 70.6 Å². The molecule has 1 fully saturated rings. The molecule has 158 valence electrons. The second-order valence-electron chi connectivity index (χ2n) is 6.91. The molecule has 0 bridgehead atoms. The van der Waals surface area contributed by atoms with Crippen LogP contribution < -0.4 is 15.4 Å². The maximum atomic E-state index is 11.7. The van der Waals surface area contributed by atoms with Gasteiger partial charge in [-0.05, 0) is 50.6 Å². The lowest BCUT2D eigenvalue weighted by Gasteiger charge is -2.27. The lowest BCUT2D eigenvalue weighted by Crippen LogP contribution is -2.40. The van der Waals surface area contributed by atoms with E-state index in [2.05, 4.69) is 27.7 Å². The molecular weight excluding hydrogens is 376 g/mol. The molecule has 2 N–H and O–H groups in total. The van der Waals surface area contributed by atoms with E-state index in [0.717, 1.165) is 25.4 Å². The lowest BCUT2D eigenvalue weighted by atomic mass is 10.1. The van der Waals surface area contributed by atoms with Gasteiger partial charge in [0.1, 0.15) is 5.75 Å². The Morgan fingerprint density at radius 2 is 1.86 bits per heavy atom. The van der Waals surface area contributed by atoms with E-state index < -0.39 is 9.84 Å². The van der Waals surface area contributed by atoms with Crippen LogP contribution in [0.2, 0.25) is 0 Å². The summed E-state index contributed by atoms with van der Waals surface area (Å²) in [5, 5.41) is 6.36. The number of benzene rings is 1. The average molecular weight is 411 g/mol. The maximum absolute atomic E-state index is 11.7. The first-order chi connectivity index (χ1) is 13.5. The molecule has 1 aliphatic rings. The molecule has 7 nitrogen and oxygen atoms in total. The highest BCUT2D eigenvalue weighted by Gasteiger charge is 2.23. The molecule has 1 saturated heterocycles. The molecule has 8 heteroatoms. The maximum Gasteiger partial charge on any atom is 0.191 e. The molecule has 1 aromatic carbocycles. The normalized spacial score (nSPS) is 16.8. The van der Waals surface area contributed by atoms with Gasteiger partial charge < -0.3 is 15.4 Å². The summed E-state index contributed by atoms with van der Waals surface area (Å²) in [6, 6.07) is 8.38. The fourth-order valence-corrected chi connectivity index (χ4v) is 4.00. The molecule has 0 aliphatic carbocycles. The molecular formula is C20H34N4O3S. The number of rotatable bonds is 10. The first kappa shape index (κ1) is 22.5. The highest BCUT2D eigenvalue weighted by molar-refractivity contribution is 7.91. The Labute approximate surface area is 169 Å². The topological polar surface area (TPSA) is 83.0 Å². The van der Waals surface area contributed by atoms with Crippen molar-refractivity contribution < 1.29 is 13.2 Å². The van der Waals surface area contributed by atoms with Crippen LogP contribution in [0.15, 0.2) is 29.3 Å². The van der Waals surface area contributed by atoms with E-state index in [-0.39, 0.29) is 17.5 Å². The van der Waals surface area contributed by atoms with E-state index in [1.54, 1.807) is 14.0 Å². The zero-order valence-corrected chi connectivity index (χ0v) is 18.1. The van der Waals surface area contributed by atoms with Gasteiger partial charge in [0, 0.05) is 18.8 Å². The van der Waals surface area contributed by atoms with Gasteiger partial charge in [-0.15, -0.1) is 0 Å². The summed E-state index contributed by atoms with van der Waals surface area (Å²) in [7, 11) is -1.32. The van der Waals surface area contributed by atoms with Crippen LogP contribution in [0.3, 0.4) is 0 Å². The Kier molecular flexibility index (Phi) is 9.05. The molecule has 0 aromatic heterocycles. The quantitative estimate of drug-likeness (QED) is 0.452. The molecule has 1 aromatic rings. The van der Waals surface area contributed by atoms with Gasteiger partial charge in [0.15, 0.2) is 15.8 Å². The van der Waals surface area contributed by atoms with Crippen molar-refractivity contribution in [1.82, 2.24) is 15.5 Å². The van der Waals surface area contributed by atoms with E-state index in [1.165, 1.54) is 18.4 Å². The van der Waals surface area contributed by atoms with E-state index in [4.69, 9.17) is 9.73 Å². The average Bonchev–Trinajstić information content (AvgIpc) is 3.23. The number of aliphatic imine (C=N–C) groups is 1. The third-order valence-electron chi connectivity index (χ3n) is 4.99. The van der Waals surface area contributed by atoms with Gasteiger partial charge >= 0.3 is 0 Å². The van der Waals surface area contributed by atoms with Gasteiger partial charge in [0.25, 0.3) is 0 Å². The van der Waals surface area contributed by atoms with Gasteiger partial charge in [0.05, 0.1) is 25.4 Å². The highest BCUT2D eigenvalue weighted by Crippen LogP contribution is 2.27. The van der Waals surface area contributed by atoms with Crippen LogP contribution in [0.25, 0.3) is 0 Å². The van der Waals surface area contributed by atoms with Crippen molar-refractivity contribution in [1.29, 1.82) is 0 Å². The SMILES string of the molecule is CCNC(=NCC(c1ccc(OC)cc1)N1CCCC1)NCCS(=O)(=O)CC. The second-order valence-corrected chi connectivity index (χ2v) is 9.39. The minimum absolute atomic E-state index is 0.113. The largest absolute Gasteiger partial charge is 0.497 e. The Bertz CT molecular complexity index is 713. The van der Waals surface area contributed by atoms with Gasteiger partial charge in [-0.25, -0.2) is 8.42 Å². The molecule has 1 unspecified atom stereocenters. The Hall–Kier alpha value is -1.80. The summed E-state index contributed by atoms with van der Waals surface area (Å²) >= 11 is 0. The number of hydrogen-bond donors (Lipinski definition) is 2. The summed E-state index contributed by atoms with van der Waals surface area (Å²) in [6.45, 7) is 7.52. The zero-order valence-electron chi connectivity index (χ0n) is 17.3. The Morgan fingerprint density at radius 1 is 1.18 bits per heavy atom. The second kappa shape index (κ2) is 11.3. The standard InChI is InChI=1S/C20H34N4O3S/c1-4-21-20(22-12-15-28(25,26)5-2)23-16-19(24-13-6-7-14-24)17-8-10-18(27-3)11-9-17/h8-11,19H,4-7,12-16H2,1-3H3,(H2,21,22,23). The van der Waals surface area contributed by atoms with Crippen LogP contribution in [0.4, 0.5) is 0 Å². The van der Waals surface area contributed by atoms with Crippen LogP contribution in [0.1, 0.15) is 38.3 Å². The Morgan fingerprint density at radius 3 is 2.43 bits per heavy atom. The van der Waals surface area contributed by atoms with E-state index in [1.807, 2.05) is 19.1 Å². The Balaban J connectivity index is 2.08. The minimum Gasteiger partial charge on any atom is -0.497 e. The number of guanidine groups is 1. The summed E-state index contributed by atoms with van der Waals surface area (Å²) in [4.78, 5) is 7.22. The number of nitrogens with zero attached hydrogens (tertiary/aromatic N) is 2. The fraction of sp³-hybridized carbons (Fsp3) is 0.650. The summed E-state index contributed by atoms with van der Waals surface area (Å²) < 4.78 is 28.7. The van der Waals surface area contributed by atoms with Crippen molar-refractivity contribution in [2.45, 2.75) is 32.7 Å². The third kappa shape index (κ3) is 6.98. The predicted octanol–water partition coefficient (Wildman–Crippen LogP) is 1.82. The van der Waals surface area contributed by atoms with Crippen molar-refractivity contribution in [2.75, 3.05) is 51.3 Å². The first-order valence-corrected chi connectivity index (χ1v) is 11.9. The van der Waals surface area contributed by atoms with Crippen LogP contribution in [0.5, 0.6) is 5.75 Å². The van der Waals surface area contributed by atoms with Crippen molar-refractivity contribution in [2.24, 2.45) is 4.99 Å². The fourth-order valence-electron chi connectivity index (χ4n) is 3.30. The summed E-state index contributed by atoms with van der Waals surface area (Å²) in [6.07, 6.45) is 2.42. The molecule has 28 heavy (non-hydrogen) atoms. The number of hydrogen-bond acceptors (Lipinski definition) is 5. The number of methoxy groups -OCH3 is 1. The van der Waals surface area contributed by atoms with Gasteiger partial charge in [-0.2, -0.15) is 0 Å². The van der Waals surface area contributed by atoms with Crippen molar-refractivity contribution >= 4 is 15.8 Å². The molecule has 2 rings (SSSR count). The van der Waals surface area contributed by atoms with Gasteiger partial charge in [0.2, 0.25) is 0 Å². The summed E-state index contributed by atoms with van der Waals surface area (Å²) in [5.41, 5.74) is 1.22. The summed E-state index contributed by atoms with van der Waals surface area (Å²) in [5.74, 6) is 1.78. The molecule has 0 radical (unpaired) electrons. The zero-order chi connectivity index (χ0) is 20.4. The minimum atomic E-state index is -2.99. The number of ether oxygens (including phenoxy) is 1.